The Morgan fingerprint density at radius 2 is 1.68 bits per heavy atom. The third-order valence-electron chi connectivity index (χ3n) is 6.60. The van der Waals surface area contributed by atoms with Crippen molar-refractivity contribution in [3.63, 3.8) is 0 Å². The highest BCUT2D eigenvalue weighted by Gasteiger charge is 2.46. The molecule has 0 radical (unpaired) electrons. The van der Waals surface area contributed by atoms with Crippen molar-refractivity contribution < 1.29 is 24.0 Å². The summed E-state index contributed by atoms with van der Waals surface area (Å²) < 4.78 is 15.0. The van der Waals surface area contributed by atoms with Crippen LogP contribution >= 0.6 is 0 Å². The number of aliphatic hydroxyl groups is 1. The van der Waals surface area contributed by atoms with Gasteiger partial charge in [0, 0.05) is 29.8 Å². The van der Waals surface area contributed by atoms with Gasteiger partial charge in [-0.1, -0.05) is 57.0 Å². The molecule has 1 aliphatic rings. The van der Waals surface area contributed by atoms with Crippen molar-refractivity contribution in [1.29, 1.82) is 0 Å². The summed E-state index contributed by atoms with van der Waals surface area (Å²) in [6.07, 6.45) is 4.84. The predicted octanol–water partition coefficient (Wildman–Crippen LogP) is 5.45. The lowest BCUT2D eigenvalue weighted by atomic mass is 9.94. The van der Waals surface area contributed by atoms with E-state index in [1.807, 2.05) is 0 Å². The average molecular weight is 512 g/mol. The maximum absolute atomic E-state index is 15.0. The fraction of sp³-hybridized carbons (Fsp3) is 0.429. The Balaban J connectivity index is 1.97. The summed E-state index contributed by atoms with van der Waals surface area (Å²) in [5.74, 6) is -2.94. The van der Waals surface area contributed by atoms with Crippen LogP contribution in [-0.2, 0) is 9.59 Å². The quantitative estimate of drug-likeness (QED) is 0.126. The molecule has 0 bridgehead atoms. The van der Waals surface area contributed by atoms with Crippen molar-refractivity contribution in [2.24, 2.45) is 0 Å². The number of halogens is 1. The van der Waals surface area contributed by atoms with E-state index in [1.54, 1.807) is 6.07 Å². The van der Waals surface area contributed by atoms with Crippen LogP contribution in [0.15, 0.2) is 54.1 Å². The van der Waals surface area contributed by atoms with E-state index in [0.717, 1.165) is 51.4 Å². The molecule has 1 atom stereocenters. The van der Waals surface area contributed by atoms with Crippen molar-refractivity contribution >= 4 is 23.1 Å². The number of carbonyl (C=O) groups is 2. The molecule has 1 amide bonds. The Morgan fingerprint density at radius 1 is 1.03 bits per heavy atom. The molecule has 0 aromatic heterocycles. The Bertz CT molecular complexity index is 1160. The maximum atomic E-state index is 15.0. The topological polar surface area (TPSA) is 104 Å². The zero-order valence-electron chi connectivity index (χ0n) is 21.4. The molecule has 8 nitrogen and oxygen atoms in total. The van der Waals surface area contributed by atoms with E-state index >= 15 is 0 Å². The van der Waals surface area contributed by atoms with Crippen LogP contribution in [0.4, 0.5) is 10.1 Å². The third-order valence-corrected chi connectivity index (χ3v) is 6.60. The average Bonchev–Trinajstić information content (AvgIpc) is 3.14. The molecule has 1 aliphatic heterocycles. The first-order valence-corrected chi connectivity index (χ1v) is 12.8. The molecule has 0 saturated carbocycles. The van der Waals surface area contributed by atoms with Gasteiger partial charge >= 0.3 is 0 Å². The monoisotopic (exact) mass is 511 g/mol. The van der Waals surface area contributed by atoms with Gasteiger partial charge in [-0.2, -0.15) is 0 Å². The molecular formula is C28H34FN3O5. The van der Waals surface area contributed by atoms with Crippen molar-refractivity contribution in [1.82, 2.24) is 9.80 Å². The van der Waals surface area contributed by atoms with E-state index in [1.165, 1.54) is 41.3 Å². The molecule has 0 spiro atoms. The maximum Gasteiger partial charge on any atom is 0.295 e. The molecule has 9 heteroatoms. The number of Topliss-reactive ketones (excluding diaryl/α,β-unsaturated/α-hetero) is 1. The second kappa shape index (κ2) is 13.1. The standard InChI is InChI=1S/C28H34FN3O5/c1-3-5-15-30(16-6-4-2)17-10-18-31-25(22-13-7-8-14-23(22)29)24(27(34)28(31)35)26(33)20-11-9-12-21(19-20)32(36)37/h7-9,11-14,19,25,33H,3-6,10,15-18H2,1-2H3/t25-/m1/s1. The summed E-state index contributed by atoms with van der Waals surface area (Å²) in [4.78, 5) is 40.5. The van der Waals surface area contributed by atoms with Crippen LogP contribution in [0.5, 0.6) is 0 Å². The van der Waals surface area contributed by atoms with E-state index in [4.69, 9.17) is 0 Å². The number of unbranched alkanes of at least 4 members (excludes halogenated alkanes) is 2. The molecule has 1 N–H and O–H groups in total. The number of hydrogen-bond donors (Lipinski definition) is 1. The molecule has 2 aromatic carbocycles. The van der Waals surface area contributed by atoms with Crippen molar-refractivity contribution in [3.05, 3.63) is 81.2 Å². The van der Waals surface area contributed by atoms with Crippen LogP contribution in [0.2, 0.25) is 0 Å². The minimum Gasteiger partial charge on any atom is -0.507 e. The van der Waals surface area contributed by atoms with Gasteiger partial charge < -0.3 is 14.9 Å². The summed E-state index contributed by atoms with van der Waals surface area (Å²) in [7, 11) is 0. The van der Waals surface area contributed by atoms with Crippen LogP contribution in [0.1, 0.15) is 63.1 Å². The zero-order chi connectivity index (χ0) is 26.9. The number of amides is 1. The number of rotatable bonds is 13. The number of ketones is 1. The van der Waals surface area contributed by atoms with Gasteiger partial charge in [0.25, 0.3) is 17.4 Å². The van der Waals surface area contributed by atoms with Crippen LogP contribution in [0.25, 0.3) is 5.76 Å². The van der Waals surface area contributed by atoms with Gasteiger partial charge in [-0.25, -0.2) is 4.39 Å². The number of hydrogen-bond acceptors (Lipinski definition) is 6. The first kappa shape index (κ1) is 28.0. The SMILES string of the molecule is CCCCN(CCCC)CCCN1C(=O)C(=O)C(=C(O)c2cccc([N+](=O)[O-])c2)[C@H]1c1ccccc1F. The molecule has 3 rings (SSSR count). The van der Waals surface area contributed by atoms with Crippen molar-refractivity contribution in [3.8, 4) is 0 Å². The minimum absolute atomic E-state index is 0.0128. The Kier molecular flexibility index (Phi) is 9.91. The van der Waals surface area contributed by atoms with Gasteiger partial charge in [-0.15, -0.1) is 0 Å². The van der Waals surface area contributed by atoms with Gasteiger partial charge in [-0.05, 0) is 45.0 Å². The highest BCUT2D eigenvalue weighted by molar-refractivity contribution is 6.46. The number of carbonyl (C=O) groups excluding carboxylic acids is 2. The molecule has 37 heavy (non-hydrogen) atoms. The fourth-order valence-electron chi connectivity index (χ4n) is 4.62. The van der Waals surface area contributed by atoms with Crippen LogP contribution in [-0.4, -0.2) is 57.7 Å². The minimum atomic E-state index is -1.14. The molecular weight excluding hydrogens is 477 g/mol. The number of aliphatic hydroxyl groups excluding tert-OH is 1. The Labute approximate surface area is 216 Å². The fourth-order valence-corrected chi connectivity index (χ4v) is 4.62. The number of likely N-dealkylation sites (tertiary alicyclic amines) is 1. The number of nitro benzene ring substituents is 1. The highest BCUT2D eigenvalue weighted by atomic mass is 19.1. The summed E-state index contributed by atoms with van der Waals surface area (Å²) in [5.41, 5.74) is -0.453. The molecule has 198 valence electrons. The molecule has 0 aliphatic carbocycles. The number of nitro groups is 1. The Morgan fingerprint density at radius 3 is 2.30 bits per heavy atom. The van der Waals surface area contributed by atoms with Gasteiger partial charge in [0.2, 0.25) is 0 Å². The largest absolute Gasteiger partial charge is 0.507 e. The van der Waals surface area contributed by atoms with E-state index in [-0.39, 0.29) is 28.9 Å². The van der Waals surface area contributed by atoms with E-state index in [9.17, 15) is 29.2 Å². The number of benzene rings is 2. The molecule has 0 unspecified atom stereocenters. The lowest BCUT2D eigenvalue weighted by molar-refractivity contribution is -0.384. The van der Waals surface area contributed by atoms with Crippen molar-refractivity contribution in [2.45, 2.75) is 52.0 Å². The first-order valence-electron chi connectivity index (χ1n) is 12.8. The van der Waals surface area contributed by atoms with Gasteiger partial charge in [0.05, 0.1) is 16.5 Å². The molecule has 1 saturated heterocycles. The second-order valence-corrected chi connectivity index (χ2v) is 9.22. The van der Waals surface area contributed by atoms with Crippen LogP contribution < -0.4 is 0 Å². The summed E-state index contributed by atoms with van der Waals surface area (Å²) in [5, 5.41) is 22.3. The highest BCUT2D eigenvalue weighted by Crippen LogP contribution is 2.40. The van der Waals surface area contributed by atoms with Gasteiger partial charge in [0.15, 0.2) is 0 Å². The summed E-state index contributed by atoms with van der Waals surface area (Å²) in [6.45, 7) is 7.07. The van der Waals surface area contributed by atoms with E-state index < -0.39 is 34.2 Å². The second-order valence-electron chi connectivity index (χ2n) is 9.22. The summed E-state index contributed by atoms with van der Waals surface area (Å²) in [6, 6.07) is 9.85. The number of non-ortho nitro benzene ring substituents is 1. The van der Waals surface area contributed by atoms with Crippen LogP contribution in [0, 0.1) is 15.9 Å². The Hall–Kier alpha value is -3.59. The molecule has 1 heterocycles. The summed E-state index contributed by atoms with van der Waals surface area (Å²) >= 11 is 0. The zero-order valence-corrected chi connectivity index (χ0v) is 21.4. The van der Waals surface area contributed by atoms with Crippen LogP contribution in [0.3, 0.4) is 0 Å². The normalized spacial score (nSPS) is 17.1. The smallest absolute Gasteiger partial charge is 0.295 e. The third kappa shape index (κ3) is 6.60. The van der Waals surface area contributed by atoms with Gasteiger partial charge in [-0.3, -0.25) is 19.7 Å². The molecule has 1 fully saturated rings. The van der Waals surface area contributed by atoms with Gasteiger partial charge in [0.1, 0.15) is 11.6 Å². The van der Waals surface area contributed by atoms with E-state index in [2.05, 4.69) is 18.7 Å². The first-order chi connectivity index (χ1) is 17.8. The lowest BCUT2D eigenvalue weighted by Crippen LogP contribution is -2.34. The molecule has 2 aromatic rings. The van der Waals surface area contributed by atoms with Crippen molar-refractivity contribution in [2.75, 3.05) is 26.2 Å². The lowest BCUT2D eigenvalue weighted by Gasteiger charge is -2.27. The van der Waals surface area contributed by atoms with E-state index in [0.29, 0.717) is 6.42 Å². The predicted molar refractivity (Wildman–Crippen MR) is 139 cm³/mol. The number of nitrogens with zero attached hydrogens (tertiary/aromatic N) is 3.